The van der Waals surface area contributed by atoms with E-state index in [0.717, 1.165) is 15.7 Å². The molecule has 0 saturated heterocycles. The van der Waals surface area contributed by atoms with Crippen LogP contribution in [-0.4, -0.2) is 11.8 Å². The highest BCUT2D eigenvalue weighted by Gasteiger charge is 1.96. The number of para-hydroxylation sites is 1. The number of hydrogen-bond donors (Lipinski definition) is 1. The standard InChI is InChI=1S/C8H9NS2/c1-9-7-4-2-3-5-8(7)11-6-10/h2-5,10H,1,6H2. The molecule has 0 aliphatic rings. The van der Waals surface area contributed by atoms with E-state index >= 15 is 0 Å². The fourth-order valence-corrected chi connectivity index (χ4v) is 1.79. The van der Waals surface area contributed by atoms with Crippen LogP contribution in [0.5, 0.6) is 0 Å². The predicted molar refractivity (Wildman–Crippen MR) is 55.4 cm³/mol. The molecule has 1 rings (SSSR count). The summed E-state index contributed by atoms with van der Waals surface area (Å²) in [4.78, 5) is 5.02. The highest BCUT2D eigenvalue weighted by Crippen LogP contribution is 2.28. The first-order chi connectivity index (χ1) is 5.38. The third kappa shape index (κ3) is 2.27. The molecule has 0 unspecified atom stereocenters. The summed E-state index contributed by atoms with van der Waals surface area (Å²) in [5.41, 5.74) is 0.937. The lowest BCUT2D eigenvalue weighted by molar-refractivity contribution is 1.39. The molecule has 0 fully saturated rings. The summed E-state index contributed by atoms with van der Waals surface area (Å²) in [7, 11) is 0. The zero-order valence-electron chi connectivity index (χ0n) is 6.03. The first-order valence-electron chi connectivity index (χ1n) is 3.18. The van der Waals surface area contributed by atoms with Gasteiger partial charge >= 0.3 is 0 Å². The molecule has 0 aliphatic carbocycles. The fourth-order valence-electron chi connectivity index (χ4n) is 0.779. The second-order valence-electron chi connectivity index (χ2n) is 1.90. The van der Waals surface area contributed by atoms with Crippen LogP contribution in [0.3, 0.4) is 0 Å². The van der Waals surface area contributed by atoms with Crippen molar-refractivity contribution in [2.45, 2.75) is 4.90 Å². The van der Waals surface area contributed by atoms with Crippen LogP contribution in [-0.2, 0) is 0 Å². The molecule has 0 aromatic heterocycles. The number of hydrogen-bond acceptors (Lipinski definition) is 3. The number of rotatable bonds is 3. The van der Waals surface area contributed by atoms with Crippen LogP contribution in [0.1, 0.15) is 0 Å². The average Bonchev–Trinajstić information content (AvgIpc) is 2.06. The summed E-state index contributed by atoms with van der Waals surface area (Å²) in [6, 6.07) is 7.90. The van der Waals surface area contributed by atoms with E-state index in [1.165, 1.54) is 0 Å². The molecule has 0 heterocycles. The summed E-state index contributed by atoms with van der Waals surface area (Å²) < 4.78 is 0. The Morgan fingerprint density at radius 2 is 2.18 bits per heavy atom. The van der Waals surface area contributed by atoms with Gasteiger partial charge in [0.2, 0.25) is 0 Å². The number of thiol groups is 1. The Balaban J connectivity index is 2.92. The van der Waals surface area contributed by atoms with Gasteiger partial charge in [0.15, 0.2) is 0 Å². The summed E-state index contributed by atoms with van der Waals surface area (Å²) in [6.07, 6.45) is 0. The lowest BCUT2D eigenvalue weighted by Crippen LogP contribution is -1.71. The van der Waals surface area contributed by atoms with Gasteiger partial charge in [0.1, 0.15) is 0 Å². The monoisotopic (exact) mass is 183 g/mol. The van der Waals surface area contributed by atoms with E-state index in [0.29, 0.717) is 0 Å². The van der Waals surface area contributed by atoms with Gasteiger partial charge in [-0.2, -0.15) is 12.6 Å². The van der Waals surface area contributed by atoms with Gasteiger partial charge in [-0.05, 0) is 18.9 Å². The topological polar surface area (TPSA) is 12.4 Å². The maximum absolute atomic E-state index is 4.12. The van der Waals surface area contributed by atoms with Gasteiger partial charge in [-0.15, -0.1) is 11.8 Å². The van der Waals surface area contributed by atoms with Crippen LogP contribution < -0.4 is 0 Å². The largest absolute Gasteiger partial charge is 0.263 e. The van der Waals surface area contributed by atoms with Gasteiger partial charge < -0.3 is 0 Å². The molecule has 0 radical (unpaired) electrons. The lowest BCUT2D eigenvalue weighted by atomic mass is 10.3. The Kier molecular flexibility index (Phi) is 3.52. The third-order valence-electron chi connectivity index (χ3n) is 1.26. The van der Waals surface area contributed by atoms with Crippen LogP contribution in [0.15, 0.2) is 34.2 Å². The van der Waals surface area contributed by atoms with Crippen LogP contribution >= 0.6 is 24.4 Å². The van der Waals surface area contributed by atoms with Crippen LogP contribution in [0.4, 0.5) is 5.69 Å². The van der Waals surface area contributed by atoms with Gasteiger partial charge in [0.25, 0.3) is 0 Å². The van der Waals surface area contributed by atoms with E-state index in [-0.39, 0.29) is 0 Å². The molecule has 58 valence electrons. The Labute approximate surface area is 76.3 Å². The van der Waals surface area contributed by atoms with Crippen LogP contribution in [0.25, 0.3) is 0 Å². The SMILES string of the molecule is C=Nc1ccccc1SCS. The molecule has 0 atom stereocenters. The van der Waals surface area contributed by atoms with Gasteiger partial charge in [0, 0.05) is 9.98 Å². The zero-order chi connectivity index (χ0) is 8.10. The van der Waals surface area contributed by atoms with Crippen molar-refractivity contribution in [2.75, 3.05) is 5.08 Å². The normalized spacial score (nSPS) is 9.55. The molecular formula is C8H9NS2. The minimum absolute atomic E-state index is 0.770. The first kappa shape index (κ1) is 8.68. The Hall–Kier alpha value is -0.410. The predicted octanol–water partition coefficient (Wildman–Crippen LogP) is 3.00. The van der Waals surface area contributed by atoms with Crippen LogP contribution in [0, 0.1) is 0 Å². The minimum Gasteiger partial charge on any atom is -0.263 e. The van der Waals surface area contributed by atoms with Gasteiger partial charge in [0.05, 0.1) is 5.69 Å². The molecule has 11 heavy (non-hydrogen) atoms. The molecular weight excluding hydrogens is 174 g/mol. The molecule has 3 heteroatoms. The summed E-state index contributed by atoms with van der Waals surface area (Å²) in [5, 5.41) is 0.770. The van der Waals surface area contributed by atoms with Crippen molar-refractivity contribution in [1.82, 2.24) is 0 Å². The van der Waals surface area contributed by atoms with Crippen molar-refractivity contribution >= 4 is 36.8 Å². The molecule has 0 amide bonds. The highest BCUT2D eigenvalue weighted by atomic mass is 32.2. The maximum atomic E-state index is 4.12. The second-order valence-corrected chi connectivity index (χ2v) is 3.66. The van der Waals surface area contributed by atoms with Crippen molar-refractivity contribution in [3.63, 3.8) is 0 Å². The lowest BCUT2D eigenvalue weighted by Gasteiger charge is -2.00. The van der Waals surface area contributed by atoms with E-state index in [1.807, 2.05) is 24.3 Å². The van der Waals surface area contributed by atoms with E-state index in [2.05, 4.69) is 24.3 Å². The molecule has 1 aromatic rings. The number of benzene rings is 1. The first-order valence-corrected chi connectivity index (χ1v) is 4.79. The zero-order valence-corrected chi connectivity index (χ0v) is 7.74. The Bertz CT molecular complexity index is 248. The summed E-state index contributed by atoms with van der Waals surface area (Å²) in [5.74, 6) is 0. The van der Waals surface area contributed by atoms with E-state index in [1.54, 1.807) is 11.8 Å². The maximum Gasteiger partial charge on any atom is 0.0758 e. The smallest absolute Gasteiger partial charge is 0.0758 e. The summed E-state index contributed by atoms with van der Waals surface area (Å²) >= 11 is 5.78. The second kappa shape index (κ2) is 4.46. The van der Waals surface area contributed by atoms with Gasteiger partial charge in [-0.1, -0.05) is 12.1 Å². The number of aliphatic imine (C=N–C) groups is 1. The van der Waals surface area contributed by atoms with Crippen molar-refractivity contribution < 1.29 is 0 Å². The van der Waals surface area contributed by atoms with Gasteiger partial charge in [-0.25, -0.2) is 0 Å². The molecule has 0 saturated carbocycles. The molecule has 0 bridgehead atoms. The number of nitrogens with zero attached hydrogens (tertiary/aromatic N) is 1. The van der Waals surface area contributed by atoms with Crippen molar-refractivity contribution in [1.29, 1.82) is 0 Å². The summed E-state index contributed by atoms with van der Waals surface area (Å²) in [6.45, 7) is 3.49. The molecule has 1 nitrogen and oxygen atoms in total. The van der Waals surface area contributed by atoms with Crippen molar-refractivity contribution in [3.8, 4) is 0 Å². The molecule has 0 aliphatic heterocycles. The molecule has 0 N–H and O–H groups in total. The third-order valence-corrected chi connectivity index (χ3v) is 2.43. The fraction of sp³-hybridized carbons (Fsp3) is 0.125. The minimum atomic E-state index is 0.770. The van der Waals surface area contributed by atoms with E-state index in [4.69, 9.17) is 0 Å². The van der Waals surface area contributed by atoms with E-state index in [9.17, 15) is 0 Å². The number of thioether (sulfide) groups is 1. The van der Waals surface area contributed by atoms with Crippen LogP contribution in [0.2, 0.25) is 0 Å². The quantitative estimate of drug-likeness (QED) is 0.329. The highest BCUT2D eigenvalue weighted by molar-refractivity contribution is 8.09. The average molecular weight is 183 g/mol. The van der Waals surface area contributed by atoms with E-state index < -0.39 is 0 Å². The van der Waals surface area contributed by atoms with Crippen molar-refractivity contribution in [2.24, 2.45) is 4.99 Å². The Morgan fingerprint density at radius 1 is 1.45 bits per heavy atom. The molecule has 1 aromatic carbocycles. The Morgan fingerprint density at radius 3 is 2.82 bits per heavy atom. The van der Waals surface area contributed by atoms with Gasteiger partial charge in [-0.3, -0.25) is 4.99 Å². The molecule has 0 spiro atoms. The van der Waals surface area contributed by atoms with Crippen molar-refractivity contribution in [3.05, 3.63) is 24.3 Å².